The number of rotatable bonds is 2. The number of anilines is 2. The largest absolute Gasteiger partial charge is 0.326 e. The minimum atomic E-state index is -0.117. The van der Waals surface area contributed by atoms with Gasteiger partial charge in [-0.25, -0.2) is 4.79 Å². The van der Waals surface area contributed by atoms with Gasteiger partial charge in [-0.05, 0) is 36.8 Å². The van der Waals surface area contributed by atoms with Crippen molar-refractivity contribution in [1.82, 2.24) is 0 Å². The van der Waals surface area contributed by atoms with Crippen molar-refractivity contribution in [2.45, 2.75) is 23.5 Å². The quantitative estimate of drug-likeness (QED) is 0.813. The molecule has 0 aliphatic carbocycles. The topological polar surface area (TPSA) is 32.3 Å². The maximum atomic E-state index is 12.7. The van der Waals surface area contributed by atoms with Crippen molar-refractivity contribution in [2.24, 2.45) is 0 Å². The van der Waals surface area contributed by atoms with E-state index in [0.29, 0.717) is 22.5 Å². The van der Waals surface area contributed by atoms with Crippen molar-refractivity contribution in [3.05, 3.63) is 53.6 Å². The molecule has 0 radical (unpaired) electrons. The lowest BCUT2D eigenvalue weighted by Gasteiger charge is -2.33. The number of nitrogens with one attached hydrogen (secondary N) is 1. The van der Waals surface area contributed by atoms with Gasteiger partial charge in [-0.2, -0.15) is 0 Å². The predicted octanol–water partition coefficient (Wildman–Crippen LogP) is 5.26. The van der Waals surface area contributed by atoms with Crippen LogP contribution in [0.4, 0.5) is 16.2 Å². The number of nitrogens with zero attached hydrogens (tertiary/aromatic N) is 1. The molecule has 1 N–H and O–H groups in total. The lowest BCUT2D eigenvalue weighted by molar-refractivity contribution is 0.256. The van der Waals surface area contributed by atoms with E-state index in [0.717, 1.165) is 17.0 Å². The Morgan fingerprint density at radius 3 is 2.91 bits per heavy atom. The smallest absolute Gasteiger partial charge is 0.307 e. The van der Waals surface area contributed by atoms with Crippen LogP contribution in [0.2, 0.25) is 5.02 Å². The molecule has 1 atom stereocenters. The zero-order chi connectivity index (χ0) is 15.5. The standard InChI is InChI=1S/C17H17ClN2OS/c1-2-14-11-20(15-8-3-4-9-16(15)22-14)17(21)19-13-7-5-6-12(18)10-13/h3-10,14H,2,11H2,1H3,(H,19,21). The molecule has 0 spiro atoms. The molecular formula is C17H17ClN2OS. The number of benzene rings is 2. The van der Waals surface area contributed by atoms with Gasteiger partial charge < -0.3 is 5.32 Å². The summed E-state index contributed by atoms with van der Waals surface area (Å²) in [7, 11) is 0. The summed E-state index contributed by atoms with van der Waals surface area (Å²) in [6.07, 6.45) is 1.03. The van der Waals surface area contributed by atoms with Gasteiger partial charge in [0.2, 0.25) is 0 Å². The predicted molar refractivity (Wildman–Crippen MR) is 94.2 cm³/mol. The van der Waals surface area contributed by atoms with Gasteiger partial charge in [0.25, 0.3) is 0 Å². The Labute approximate surface area is 139 Å². The lowest BCUT2D eigenvalue weighted by atomic mass is 10.2. The molecule has 0 aromatic heterocycles. The van der Waals surface area contributed by atoms with E-state index >= 15 is 0 Å². The number of thioether (sulfide) groups is 1. The molecule has 0 bridgehead atoms. The van der Waals surface area contributed by atoms with Crippen molar-refractivity contribution < 1.29 is 4.79 Å². The first-order chi connectivity index (χ1) is 10.7. The van der Waals surface area contributed by atoms with E-state index in [1.165, 1.54) is 0 Å². The normalized spacial score (nSPS) is 17.0. The summed E-state index contributed by atoms with van der Waals surface area (Å²) in [5, 5.41) is 3.96. The van der Waals surface area contributed by atoms with Crippen LogP contribution in [-0.2, 0) is 0 Å². The van der Waals surface area contributed by atoms with E-state index in [4.69, 9.17) is 11.6 Å². The van der Waals surface area contributed by atoms with Gasteiger partial charge >= 0.3 is 6.03 Å². The second kappa shape index (κ2) is 6.63. The van der Waals surface area contributed by atoms with Gasteiger partial charge in [-0.3, -0.25) is 4.90 Å². The molecule has 0 saturated heterocycles. The Balaban J connectivity index is 1.85. The van der Waals surface area contributed by atoms with Crippen LogP contribution in [-0.4, -0.2) is 17.8 Å². The minimum absolute atomic E-state index is 0.117. The number of carbonyl (C=O) groups is 1. The van der Waals surface area contributed by atoms with Crippen molar-refractivity contribution in [3.63, 3.8) is 0 Å². The highest BCUT2D eigenvalue weighted by atomic mass is 35.5. The van der Waals surface area contributed by atoms with Gasteiger partial charge in [0.05, 0.1) is 5.69 Å². The molecule has 0 fully saturated rings. The number of para-hydroxylation sites is 1. The molecule has 2 aromatic rings. The molecule has 3 rings (SSSR count). The summed E-state index contributed by atoms with van der Waals surface area (Å²) in [6.45, 7) is 2.86. The van der Waals surface area contributed by atoms with E-state index in [9.17, 15) is 4.79 Å². The second-order valence-electron chi connectivity index (χ2n) is 5.17. The third-order valence-electron chi connectivity index (χ3n) is 3.61. The summed E-state index contributed by atoms with van der Waals surface area (Å²) < 4.78 is 0. The Bertz CT molecular complexity index is 692. The Morgan fingerprint density at radius 2 is 2.14 bits per heavy atom. The van der Waals surface area contributed by atoms with Crippen LogP contribution >= 0.6 is 23.4 Å². The molecule has 22 heavy (non-hydrogen) atoms. The molecule has 5 heteroatoms. The van der Waals surface area contributed by atoms with Crippen molar-refractivity contribution in [3.8, 4) is 0 Å². The summed E-state index contributed by atoms with van der Waals surface area (Å²) in [6, 6.07) is 15.1. The molecule has 3 nitrogen and oxygen atoms in total. The highest BCUT2D eigenvalue weighted by Crippen LogP contribution is 2.39. The molecule has 114 valence electrons. The van der Waals surface area contributed by atoms with Crippen molar-refractivity contribution in [1.29, 1.82) is 0 Å². The highest BCUT2D eigenvalue weighted by Gasteiger charge is 2.28. The molecule has 1 aliphatic rings. The van der Waals surface area contributed by atoms with Gasteiger partial charge in [0.15, 0.2) is 0 Å². The molecule has 2 amide bonds. The number of carbonyl (C=O) groups excluding carboxylic acids is 1. The second-order valence-corrected chi connectivity index (χ2v) is 6.95. The molecule has 2 aromatic carbocycles. The summed E-state index contributed by atoms with van der Waals surface area (Å²) in [5.74, 6) is 0. The first-order valence-corrected chi connectivity index (χ1v) is 8.53. The SMILES string of the molecule is CCC1CN(C(=O)Nc2cccc(Cl)c2)c2ccccc2S1. The maximum Gasteiger partial charge on any atom is 0.326 e. The van der Waals surface area contributed by atoms with E-state index in [-0.39, 0.29) is 6.03 Å². The number of fused-ring (bicyclic) bond motifs is 1. The molecular weight excluding hydrogens is 316 g/mol. The van der Waals surface area contributed by atoms with E-state index in [1.807, 2.05) is 47.0 Å². The number of amides is 2. The van der Waals surface area contributed by atoms with Gasteiger partial charge in [-0.15, -0.1) is 11.8 Å². The van der Waals surface area contributed by atoms with Crippen LogP contribution in [0.1, 0.15) is 13.3 Å². The van der Waals surface area contributed by atoms with Gasteiger partial charge in [-0.1, -0.05) is 36.7 Å². The maximum absolute atomic E-state index is 12.7. The van der Waals surface area contributed by atoms with Crippen LogP contribution < -0.4 is 10.2 Å². The highest BCUT2D eigenvalue weighted by molar-refractivity contribution is 8.00. The van der Waals surface area contributed by atoms with Crippen molar-refractivity contribution in [2.75, 3.05) is 16.8 Å². The third-order valence-corrected chi connectivity index (χ3v) is 5.26. The Morgan fingerprint density at radius 1 is 1.32 bits per heavy atom. The van der Waals surface area contributed by atoms with Crippen LogP contribution in [0.15, 0.2) is 53.4 Å². The number of halogens is 1. The molecule has 1 aliphatic heterocycles. The number of hydrogen-bond donors (Lipinski definition) is 1. The van der Waals surface area contributed by atoms with Crippen molar-refractivity contribution >= 4 is 40.8 Å². The zero-order valence-electron chi connectivity index (χ0n) is 12.3. The van der Waals surface area contributed by atoms with Gasteiger partial charge in [0, 0.05) is 27.4 Å². The fourth-order valence-electron chi connectivity index (χ4n) is 2.46. The average Bonchev–Trinajstić information content (AvgIpc) is 2.53. The number of urea groups is 1. The minimum Gasteiger partial charge on any atom is -0.307 e. The van der Waals surface area contributed by atoms with Gasteiger partial charge in [0.1, 0.15) is 0 Å². The monoisotopic (exact) mass is 332 g/mol. The summed E-state index contributed by atoms with van der Waals surface area (Å²) in [4.78, 5) is 15.6. The van der Waals surface area contributed by atoms with Crippen LogP contribution in [0.3, 0.4) is 0 Å². The molecule has 1 heterocycles. The lowest BCUT2D eigenvalue weighted by Crippen LogP contribution is -2.41. The summed E-state index contributed by atoms with van der Waals surface area (Å²) in [5.41, 5.74) is 1.68. The molecule has 0 saturated carbocycles. The van der Waals surface area contributed by atoms with E-state index < -0.39 is 0 Å². The first-order valence-electron chi connectivity index (χ1n) is 7.27. The van der Waals surface area contributed by atoms with E-state index in [2.05, 4.69) is 18.3 Å². The van der Waals surface area contributed by atoms with E-state index in [1.54, 1.807) is 12.1 Å². The Hall–Kier alpha value is -1.65. The fraction of sp³-hybridized carbons (Fsp3) is 0.235. The number of hydrogen-bond acceptors (Lipinski definition) is 2. The summed E-state index contributed by atoms with van der Waals surface area (Å²) >= 11 is 7.82. The first kappa shape index (κ1) is 15.3. The van der Waals surface area contributed by atoms with Crippen LogP contribution in [0, 0.1) is 0 Å². The zero-order valence-corrected chi connectivity index (χ0v) is 13.8. The fourth-order valence-corrected chi connectivity index (χ4v) is 3.86. The third kappa shape index (κ3) is 3.23. The molecule has 1 unspecified atom stereocenters. The van der Waals surface area contributed by atoms with Crippen LogP contribution in [0.25, 0.3) is 0 Å². The van der Waals surface area contributed by atoms with Crippen LogP contribution in [0.5, 0.6) is 0 Å². The Kier molecular flexibility index (Phi) is 4.60. The average molecular weight is 333 g/mol.